The minimum atomic E-state index is -3.45. The molecule has 1 aromatic rings. The standard InChI is InChI=1S/C14H21N5O3S/c1-18-12-10(8-15-13(16-12)17-23(2,21)22)9-19(14(18)20)11-6-4-3-5-7-11/h8,11H,3-7,9H2,1-2H3,(H,15,16,17). The highest BCUT2D eigenvalue weighted by molar-refractivity contribution is 7.91. The van der Waals surface area contributed by atoms with Crippen LogP contribution in [0.2, 0.25) is 0 Å². The summed E-state index contributed by atoms with van der Waals surface area (Å²) in [7, 11) is -1.79. The first kappa shape index (κ1) is 16.0. The number of sulfonamides is 1. The van der Waals surface area contributed by atoms with Gasteiger partial charge in [0, 0.05) is 24.8 Å². The predicted octanol–water partition coefficient (Wildman–Crippen LogP) is 1.55. The van der Waals surface area contributed by atoms with E-state index in [1.807, 2.05) is 4.90 Å². The van der Waals surface area contributed by atoms with E-state index in [0.717, 1.165) is 37.5 Å². The van der Waals surface area contributed by atoms with Gasteiger partial charge < -0.3 is 4.90 Å². The van der Waals surface area contributed by atoms with Crippen LogP contribution in [0, 0.1) is 0 Å². The Balaban J connectivity index is 1.87. The highest BCUT2D eigenvalue weighted by Gasteiger charge is 2.34. The number of rotatable bonds is 3. The van der Waals surface area contributed by atoms with Gasteiger partial charge in [-0.05, 0) is 12.8 Å². The molecule has 126 valence electrons. The van der Waals surface area contributed by atoms with Crippen LogP contribution in [0.15, 0.2) is 6.20 Å². The summed E-state index contributed by atoms with van der Waals surface area (Å²) in [6.07, 6.45) is 8.23. The molecule has 0 radical (unpaired) electrons. The molecule has 0 bridgehead atoms. The minimum absolute atomic E-state index is 0.0167. The minimum Gasteiger partial charge on any atom is -0.317 e. The van der Waals surface area contributed by atoms with Crippen LogP contribution in [0.5, 0.6) is 0 Å². The number of amides is 2. The van der Waals surface area contributed by atoms with E-state index in [0.29, 0.717) is 12.4 Å². The van der Waals surface area contributed by atoms with Crippen molar-refractivity contribution in [1.29, 1.82) is 0 Å². The van der Waals surface area contributed by atoms with Crippen molar-refractivity contribution < 1.29 is 13.2 Å². The van der Waals surface area contributed by atoms with Crippen molar-refractivity contribution in [1.82, 2.24) is 14.9 Å². The fourth-order valence-corrected chi connectivity index (χ4v) is 3.66. The van der Waals surface area contributed by atoms with E-state index >= 15 is 0 Å². The van der Waals surface area contributed by atoms with Gasteiger partial charge in [-0.25, -0.2) is 18.2 Å². The molecule has 0 saturated heterocycles. The molecule has 9 heteroatoms. The molecule has 23 heavy (non-hydrogen) atoms. The van der Waals surface area contributed by atoms with Crippen LogP contribution in [0.3, 0.4) is 0 Å². The molecule has 0 atom stereocenters. The zero-order valence-corrected chi connectivity index (χ0v) is 14.1. The van der Waals surface area contributed by atoms with E-state index in [4.69, 9.17) is 0 Å². The highest BCUT2D eigenvalue weighted by Crippen LogP contribution is 2.31. The Morgan fingerprint density at radius 1 is 1.26 bits per heavy atom. The molecule has 1 aliphatic carbocycles. The first-order valence-corrected chi connectivity index (χ1v) is 9.62. The second-order valence-corrected chi connectivity index (χ2v) is 7.93. The van der Waals surface area contributed by atoms with Crippen LogP contribution in [0.25, 0.3) is 0 Å². The van der Waals surface area contributed by atoms with Crippen molar-refractivity contribution in [2.75, 3.05) is 22.9 Å². The number of nitrogens with one attached hydrogen (secondary N) is 1. The van der Waals surface area contributed by atoms with E-state index in [1.54, 1.807) is 13.2 Å². The topological polar surface area (TPSA) is 95.5 Å². The largest absolute Gasteiger partial charge is 0.325 e. The van der Waals surface area contributed by atoms with Gasteiger partial charge in [-0.1, -0.05) is 19.3 Å². The molecule has 8 nitrogen and oxygen atoms in total. The van der Waals surface area contributed by atoms with Crippen molar-refractivity contribution in [3.8, 4) is 0 Å². The van der Waals surface area contributed by atoms with Gasteiger partial charge in [0.2, 0.25) is 16.0 Å². The smallest absolute Gasteiger partial charge is 0.317 e. The van der Waals surface area contributed by atoms with Crippen LogP contribution < -0.4 is 9.62 Å². The van der Waals surface area contributed by atoms with Gasteiger partial charge in [0.25, 0.3) is 0 Å². The summed E-state index contributed by atoms with van der Waals surface area (Å²) in [5.41, 5.74) is 0.830. The van der Waals surface area contributed by atoms with Gasteiger partial charge in [0.1, 0.15) is 5.82 Å². The molecule has 2 heterocycles. The molecular weight excluding hydrogens is 318 g/mol. The van der Waals surface area contributed by atoms with Gasteiger partial charge in [-0.2, -0.15) is 4.98 Å². The quantitative estimate of drug-likeness (QED) is 0.901. The summed E-state index contributed by atoms with van der Waals surface area (Å²) >= 11 is 0. The van der Waals surface area contributed by atoms with Crippen molar-refractivity contribution in [2.24, 2.45) is 0 Å². The van der Waals surface area contributed by atoms with Gasteiger partial charge >= 0.3 is 6.03 Å². The fourth-order valence-electron chi connectivity index (χ4n) is 3.23. The highest BCUT2D eigenvalue weighted by atomic mass is 32.2. The normalized spacial score (nSPS) is 19.7. The summed E-state index contributed by atoms with van der Waals surface area (Å²) < 4.78 is 24.8. The van der Waals surface area contributed by atoms with Crippen LogP contribution in [0.1, 0.15) is 37.7 Å². The summed E-state index contributed by atoms with van der Waals surface area (Å²) in [6, 6.07) is 0.175. The van der Waals surface area contributed by atoms with Crippen LogP contribution in [-0.2, 0) is 16.6 Å². The summed E-state index contributed by atoms with van der Waals surface area (Å²) in [4.78, 5) is 24.2. The first-order valence-electron chi connectivity index (χ1n) is 7.73. The summed E-state index contributed by atoms with van der Waals surface area (Å²) in [6.45, 7) is 0.475. The molecule has 1 N–H and O–H groups in total. The summed E-state index contributed by atoms with van der Waals surface area (Å²) in [5.74, 6) is 0.445. The molecule has 0 spiro atoms. The Morgan fingerprint density at radius 3 is 2.61 bits per heavy atom. The Kier molecular flexibility index (Phi) is 4.13. The molecule has 2 amide bonds. The number of hydrogen-bond donors (Lipinski definition) is 1. The molecular formula is C14H21N5O3S. The SMILES string of the molecule is CN1C(=O)N(C2CCCCC2)Cc2cnc(NS(C)(=O)=O)nc21. The van der Waals surface area contributed by atoms with Gasteiger partial charge in [-0.3, -0.25) is 9.62 Å². The maximum absolute atomic E-state index is 12.6. The second kappa shape index (κ2) is 5.95. The molecule has 1 fully saturated rings. The first-order chi connectivity index (χ1) is 10.8. The monoisotopic (exact) mass is 339 g/mol. The molecule has 1 aromatic heterocycles. The lowest BCUT2D eigenvalue weighted by Gasteiger charge is -2.40. The average Bonchev–Trinajstić information content (AvgIpc) is 2.50. The number of urea groups is 1. The van der Waals surface area contributed by atoms with Crippen LogP contribution >= 0.6 is 0 Å². The van der Waals surface area contributed by atoms with Crippen molar-refractivity contribution in [2.45, 2.75) is 44.7 Å². The number of carbonyl (C=O) groups is 1. The lowest BCUT2D eigenvalue weighted by molar-refractivity contribution is 0.153. The molecule has 1 aliphatic heterocycles. The van der Waals surface area contributed by atoms with E-state index in [-0.39, 0.29) is 18.0 Å². The lowest BCUT2D eigenvalue weighted by Crippen LogP contribution is -2.50. The summed E-state index contributed by atoms with van der Waals surface area (Å²) in [5, 5.41) is 0. The number of hydrogen-bond acceptors (Lipinski definition) is 5. The molecule has 2 aliphatic rings. The third kappa shape index (κ3) is 3.39. The maximum atomic E-state index is 12.6. The number of aromatic nitrogens is 2. The van der Waals surface area contributed by atoms with Gasteiger partial charge in [0.15, 0.2) is 0 Å². The predicted molar refractivity (Wildman–Crippen MR) is 86.7 cm³/mol. The zero-order chi connectivity index (χ0) is 16.6. The Bertz CT molecular complexity index is 715. The number of nitrogens with zero attached hydrogens (tertiary/aromatic N) is 4. The Labute approximate surface area is 136 Å². The number of carbonyl (C=O) groups excluding carboxylic acids is 1. The van der Waals surface area contributed by atoms with Gasteiger partial charge in [0.05, 0.1) is 12.8 Å². The van der Waals surface area contributed by atoms with Crippen molar-refractivity contribution >= 4 is 27.8 Å². The molecule has 0 aromatic carbocycles. The van der Waals surface area contributed by atoms with E-state index in [1.165, 1.54) is 11.3 Å². The Hall–Kier alpha value is -1.90. The van der Waals surface area contributed by atoms with Crippen molar-refractivity contribution in [3.63, 3.8) is 0 Å². The van der Waals surface area contributed by atoms with E-state index < -0.39 is 10.0 Å². The fraction of sp³-hybridized carbons (Fsp3) is 0.643. The van der Waals surface area contributed by atoms with Gasteiger partial charge in [-0.15, -0.1) is 0 Å². The zero-order valence-electron chi connectivity index (χ0n) is 13.3. The average molecular weight is 339 g/mol. The maximum Gasteiger partial charge on any atom is 0.325 e. The van der Waals surface area contributed by atoms with E-state index in [9.17, 15) is 13.2 Å². The molecule has 1 saturated carbocycles. The third-order valence-corrected chi connectivity index (χ3v) is 4.88. The van der Waals surface area contributed by atoms with Crippen LogP contribution in [-0.4, -0.2) is 48.7 Å². The van der Waals surface area contributed by atoms with Crippen LogP contribution in [0.4, 0.5) is 16.6 Å². The van der Waals surface area contributed by atoms with Crippen molar-refractivity contribution in [3.05, 3.63) is 11.8 Å². The van der Waals surface area contributed by atoms with E-state index in [2.05, 4.69) is 14.7 Å². The third-order valence-electron chi connectivity index (χ3n) is 4.32. The molecule has 3 rings (SSSR count). The second-order valence-electron chi connectivity index (χ2n) is 6.18. The molecule has 0 unspecified atom stereocenters. The lowest BCUT2D eigenvalue weighted by atomic mass is 9.93. The number of fused-ring (bicyclic) bond motifs is 1. The number of anilines is 2. The Morgan fingerprint density at radius 2 is 1.96 bits per heavy atom.